The fourth-order valence-electron chi connectivity index (χ4n) is 4.90. The van der Waals surface area contributed by atoms with Crippen molar-refractivity contribution in [3.05, 3.63) is 0 Å². The summed E-state index contributed by atoms with van der Waals surface area (Å²) in [6, 6.07) is 0. The van der Waals surface area contributed by atoms with E-state index in [9.17, 15) is 0 Å². The second-order valence-electron chi connectivity index (χ2n) is 9.01. The monoisotopic (exact) mass is 338 g/mol. The highest BCUT2D eigenvalue weighted by Crippen LogP contribution is 2.48. The number of nitrogens with zero attached hydrogens (tertiary/aromatic N) is 2. The van der Waals surface area contributed by atoms with Gasteiger partial charge < -0.3 is 9.47 Å². The van der Waals surface area contributed by atoms with Crippen molar-refractivity contribution in [2.75, 3.05) is 46.0 Å². The van der Waals surface area contributed by atoms with Crippen LogP contribution in [0, 0.1) is 11.8 Å². The van der Waals surface area contributed by atoms with Crippen molar-refractivity contribution in [3.8, 4) is 0 Å². The van der Waals surface area contributed by atoms with Crippen molar-refractivity contribution in [1.29, 1.82) is 0 Å². The highest BCUT2D eigenvalue weighted by molar-refractivity contribution is 5.07. The highest BCUT2D eigenvalue weighted by atomic mass is 16.5. The maximum atomic E-state index is 6.25. The van der Waals surface area contributed by atoms with Gasteiger partial charge >= 0.3 is 0 Å². The van der Waals surface area contributed by atoms with Gasteiger partial charge in [-0.2, -0.15) is 0 Å². The summed E-state index contributed by atoms with van der Waals surface area (Å²) in [6.45, 7) is 19.0. The Morgan fingerprint density at radius 1 is 1.04 bits per heavy atom. The minimum atomic E-state index is 0.200. The molecule has 4 nitrogen and oxygen atoms in total. The first-order chi connectivity index (χ1) is 11.4. The molecule has 2 aliphatic heterocycles. The number of hydrogen-bond acceptors (Lipinski definition) is 4. The van der Waals surface area contributed by atoms with E-state index in [0.29, 0.717) is 17.6 Å². The number of rotatable bonds is 6. The normalized spacial score (nSPS) is 31.4. The topological polar surface area (TPSA) is 24.9 Å². The van der Waals surface area contributed by atoms with Crippen LogP contribution in [0.3, 0.4) is 0 Å². The molecule has 1 saturated carbocycles. The van der Waals surface area contributed by atoms with Gasteiger partial charge in [-0.3, -0.25) is 9.80 Å². The van der Waals surface area contributed by atoms with Gasteiger partial charge in [0.05, 0.1) is 25.9 Å². The second kappa shape index (κ2) is 7.22. The first-order valence-electron chi connectivity index (χ1n) is 10.1. The van der Waals surface area contributed by atoms with Gasteiger partial charge in [0.2, 0.25) is 0 Å². The summed E-state index contributed by atoms with van der Waals surface area (Å²) in [4.78, 5) is 5.41. The smallest absolute Gasteiger partial charge is 0.0720 e. The Hall–Kier alpha value is -0.160. The summed E-state index contributed by atoms with van der Waals surface area (Å²) in [5.41, 5.74) is 0.682. The Labute approximate surface area is 148 Å². The molecule has 0 aromatic carbocycles. The van der Waals surface area contributed by atoms with Crippen LogP contribution in [0.15, 0.2) is 0 Å². The van der Waals surface area contributed by atoms with E-state index in [4.69, 9.17) is 9.47 Å². The maximum absolute atomic E-state index is 6.25. The lowest BCUT2D eigenvalue weighted by Gasteiger charge is -2.49. The van der Waals surface area contributed by atoms with Crippen LogP contribution in [0.4, 0.5) is 0 Å². The first kappa shape index (κ1) is 18.6. The van der Waals surface area contributed by atoms with Crippen LogP contribution < -0.4 is 0 Å². The molecule has 3 fully saturated rings. The van der Waals surface area contributed by atoms with E-state index in [1.54, 1.807) is 0 Å². The molecule has 2 unspecified atom stereocenters. The molecule has 4 heteroatoms. The van der Waals surface area contributed by atoms with Crippen LogP contribution in [0.25, 0.3) is 0 Å². The molecule has 3 aliphatic rings. The molecule has 24 heavy (non-hydrogen) atoms. The van der Waals surface area contributed by atoms with Gasteiger partial charge in [-0.05, 0) is 38.0 Å². The van der Waals surface area contributed by atoms with Crippen LogP contribution in [-0.2, 0) is 9.47 Å². The molecule has 1 aliphatic carbocycles. The van der Waals surface area contributed by atoms with Gasteiger partial charge in [0.1, 0.15) is 0 Å². The van der Waals surface area contributed by atoms with E-state index in [-0.39, 0.29) is 5.54 Å². The standard InChI is InChI=1S/C20H38N2O2/c1-16(2)19(5,21-8-11-23-12-9-21)14-18-15-22(10-13-24-18)20(6-7-20)17(3)4/h16-18H,6-15H2,1-5H3. The molecule has 2 saturated heterocycles. The third-order valence-corrected chi connectivity index (χ3v) is 7.22. The first-order valence-corrected chi connectivity index (χ1v) is 10.1. The zero-order chi connectivity index (χ0) is 17.4. The van der Waals surface area contributed by atoms with Crippen LogP contribution in [-0.4, -0.2) is 73.0 Å². The zero-order valence-electron chi connectivity index (χ0n) is 16.5. The number of hydrogen-bond donors (Lipinski definition) is 0. The third kappa shape index (κ3) is 3.53. The summed E-state index contributed by atoms with van der Waals surface area (Å²) in [5, 5.41) is 0. The Balaban J connectivity index is 1.66. The highest BCUT2D eigenvalue weighted by Gasteiger charge is 2.51. The average molecular weight is 339 g/mol. The predicted molar refractivity (Wildman–Crippen MR) is 98.4 cm³/mol. The SMILES string of the molecule is CC(C)C(C)(CC1CN(C2(C(C)C)CC2)CCO1)N1CCOCC1. The Morgan fingerprint density at radius 3 is 2.25 bits per heavy atom. The minimum Gasteiger partial charge on any atom is -0.379 e. The summed E-state index contributed by atoms with van der Waals surface area (Å²) in [7, 11) is 0. The minimum absolute atomic E-state index is 0.200. The van der Waals surface area contributed by atoms with Crippen LogP contribution >= 0.6 is 0 Å². The molecule has 2 heterocycles. The summed E-state index contributed by atoms with van der Waals surface area (Å²) in [6.07, 6.45) is 4.25. The predicted octanol–water partition coefficient (Wildman–Crippen LogP) is 3.01. The van der Waals surface area contributed by atoms with Crippen molar-refractivity contribution in [1.82, 2.24) is 9.80 Å². The quantitative estimate of drug-likeness (QED) is 0.743. The fourth-order valence-corrected chi connectivity index (χ4v) is 4.90. The van der Waals surface area contributed by atoms with Gasteiger partial charge in [-0.25, -0.2) is 0 Å². The van der Waals surface area contributed by atoms with Crippen LogP contribution in [0.2, 0.25) is 0 Å². The molecule has 0 aromatic rings. The number of morpholine rings is 2. The molecular weight excluding hydrogens is 300 g/mol. The second-order valence-corrected chi connectivity index (χ2v) is 9.01. The van der Waals surface area contributed by atoms with E-state index in [0.717, 1.165) is 58.3 Å². The molecule has 0 radical (unpaired) electrons. The molecule has 3 rings (SSSR count). The van der Waals surface area contributed by atoms with E-state index in [1.165, 1.54) is 12.8 Å². The Morgan fingerprint density at radius 2 is 1.71 bits per heavy atom. The maximum Gasteiger partial charge on any atom is 0.0720 e. The lowest BCUT2D eigenvalue weighted by Crippen LogP contribution is -2.59. The van der Waals surface area contributed by atoms with E-state index in [2.05, 4.69) is 44.4 Å². The Bertz CT molecular complexity index is 416. The lowest BCUT2D eigenvalue weighted by atomic mass is 9.80. The molecular formula is C20H38N2O2. The zero-order valence-corrected chi connectivity index (χ0v) is 16.5. The number of ether oxygens (including phenoxy) is 2. The van der Waals surface area contributed by atoms with Crippen LogP contribution in [0.1, 0.15) is 53.9 Å². The van der Waals surface area contributed by atoms with Crippen LogP contribution in [0.5, 0.6) is 0 Å². The molecule has 0 amide bonds. The molecule has 0 bridgehead atoms. The van der Waals surface area contributed by atoms with Gasteiger partial charge in [-0.15, -0.1) is 0 Å². The Kier molecular flexibility index (Phi) is 5.60. The van der Waals surface area contributed by atoms with Crippen molar-refractivity contribution in [2.45, 2.75) is 71.1 Å². The molecule has 2 atom stereocenters. The molecule has 0 N–H and O–H groups in total. The van der Waals surface area contributed by atoms with Crippen molar-refractivity contribution in [3.63, 3.8) is 0 Å². The van der Waals surface area contributed by atoms with E-state index >= 15 is 0 Å². The van der Waals surface area contributed by atoms with Gasteiger partial charge in [0.15, 0.2) is 0 Å². The summed E-state index contributed by atoms with van der Waals surface area (Å²) < 4.78 is 11.8. The average Bonchev–Trinajstić information content (AvgIpc) is 3.37. The van der Waals surface area contributed by atoms with Gasteiger partial charge in [-0.1, -0.05) is 27.7 Å². The van der Waals surface area contributed by atoms with E-state index < -0.39 is 0 Å². The van der Waals surface area contributed by atoms with Crippen molar-refractivity contribution in [2.24, 2.45) is 11.8 Å². The fraction of sp³-hybridized carbons (Fsp3) is 1.00. The lowest BCUT2D eigenvalue weighted by molar-refractivity contribution is -0.0993. The molecule has 0 spiro atoms. The molecule has 140 valence electrons. The van der Waals surface area contributed by atoms with E-state index in [1.807, 2.05) is 0 Å². The summed E-state index contributed by atoms with van der Waals surface area (Å²) >= 11 is 0. The largest absolute Gasteiger partial charge is 0.379 e. The van der Waals surface area contributed by atoms with Gasteiger partial charge in [0.25, 0.3) is 0 Å². The van der Waals surface area contributed by atoms with Crippen molar-refractivity contribution >= 4 is 0 Å². The molecule has 0 aromatic heterocycles. The van der Waals surface area contributed by atoms with Crippen molar-refractivity contribution < 1.29 is 9.47 Å². The van der Waals surface area contributed by atoms with Gasteiger partial charge in [0, 0.05) is 37.3 Å². The third-order valence-electron chi connectivity index (χ3n) is 7.22. The summed E-state index contributed by atoms with van der Waals surface area (Å²) in [5.74, 6) is 1.38.